The number of hydrogen-bond acceptors (Lipinski definition) is 5. The number of ether oxygens (including phenoxy) is 1. The van der Waals surface area contributed by atoms with Gasteiger partial charge in [0, 0.05) is 24.8 Å². The first-order valence-corrected chi connectivity index (χ1v) is 8.33. The molecule has 1 amide bonds. The van der Waals surface area contributed by atoms with Crippen LogP contribution in [0.15, 0.2) is 12.1 Å². The number of aromatic nitrogens is 4. The van der Waals surface area contributed by atoms with Gasteiger partial charge in [0.1, 0.15) is 11.9 Å². The number of aryl methyl sites for hydroxylation is 3. The van der Waals surface area contributed by atoms with Crippen LogP contribution in [0.5, 0.6) is 0 Å². The van der Waals surface area contributed by atoms with Crippen LogP contribution in [0.3, 0.4) is 0 Å². The van der Waals surface area contributed by atoms with Gasteiger partial charge in [-0.1, -0.05) is 6.92 Å². The summed E-state index contributed by atoms with van der Waals surface area (Å²) in [5.74, 6) is 1.50. The SMILES string of the molecule is CCc1ccc(C(=O)NC[C@@H]2CCO[C@@H]2c2n[nH]c(C)n2)c(C)n1. The molecule has 24 heavy (non-hydrogen) atoms. The molecule has 0 unspecified atom stereocenters. The van der Waals surface area contributed by atoms with Gasteiger partial charge in [0.15, 0.2) is 5.82 Å². The highest BCUT2D eigenvalue weighted by Gasteiger charge is 2.32. The van der Waals surface area contributed by atoms with E-state index in [-0.39, 0.29) is 17.9 Å². The summed E-state index contributed by atoms with van der Waals surface area (Å²) in [4.78, 5) is 21.2. The van der Waals surface area contributed by atoms with E-state index in [0.29, 0.717) is 24.5 Å². The van der Waals surface area contributed by atoms with Gasteiger partial charge in [-0.3, -0.25) is 14.9 Å². The van der Waals surface area contributed by atoms with E-state index < -0.39 is 0 Å². The lowest BCUT2D eigenvalue weighted by Crippen LogP contribution is -2.31. The van der Waals surface area contributed by atoms with E-state index in [1.165, 1.54) is 0 Å². The Balaban J connectivity index is 1.63. The lowest BCUT2D eigenvalue weighted by molar-refractivity contribution is 0.0798. The summed E-state index contributed by atoms with van der Waals surface area (Å²) in [7, 11) is 0. The zero-order chi connectivity index (χ0) is 17.1. The minimum Gasteiger partial charge on any atom is -0.370 e. The minimum atomic E-state index is -0.170. The molecule has 1 fully saturated rings. The summed E-state index contributed by atoms with van der Waals surface area (Å²) in [6.45, 7) is 6.97. The minimum absolute atomic E-state index is 0.0977. The summed E-state index contributed by atoms with van der Waals surface area (Å²) < 4.78 is 5.75. The van der Waals surface area contributed by atoms with Crippen LogP contribution in [0, 0.1) is 19.8 Å². The number of H-pyrrole nitrogens is 1. The number of pyridine rings is 1. The largest absolute Gasteiger partial charge is 0.370 e. The predicted octanol–water partition coefficient (Wildman–Crippen LogP) is 1.89. The van der Waals surface area contributed by atoms with Gasteiger partial charge < -0.3 is 10.1 Å². The van der Waals surface area contributed by atoms with Crippen molar-refractivity contribution in [3.63, 3.8) is 0 Å². The van der Waals surface area contributed by atoms with Crippen molar-refractivity contribution in [2.75, 3.05) is 13.2 Å². The van der Waals surface area contributed by atoms with E-state index in [0.717, 1.165) is 30.1 Å². The van der Waals surface area contributed by atoms with Gasteiger partial charge in [0.25, 0.3) is 5.91 Å². The number of amides is 1. The lowest BCUT2D eigenvalue weighted by Gasteiger charge is -2.16. The third-order valence-corrected chi connectivity index (χ3v) is 4.36. The maximum Gasteiger partial charge on any atom is 0.253 e. The Bertz CT molecular complexity index is 728. The second-order valence-electron chi connectivity index (χ2n) is 6.12. The summed E-state index contributed by atoms with van der Waals surface area (Å²) in [5.41, 5.74) is 2.38. The predicted molar refractivity (Wildman–Crippen MR) is 88.6 cm³/mol. The quantitative estimate of drug-likeness (QED) is 0.874. The Hall–Kier alpha value is -2.28. The zero-order valence-corrected chi connectivity index (χ0v) is 14.3. The molecule has 2 N–H and O–H groups in total. The molecule has 1 aliphatic rings. The first kappa shape index (κ1) is 16.6. The Morgan fingerprint density at radius 2 is 2.21 bits per heavy atom. The van der Waals surface area contributed by atoms with Gasteiger partial charge in [-0.05, 0) is 38.8 Å². The molecule has 2 aromatic rings. The first-order valence-electron chi connectivity index (χ1n) is 8.33. The van der Waals surface area contributed by atoms with Crippen molar-refractivity contribution < 1.29 is 9.53 Å². The fourth-order valence-corrected chi connectivity index (χ4v) is 2.98. The maximum atomic E-state index is 12.4. The van der Waals surface area contributed by atoms with Gasteiger partial charge in [-0.15, -0.1) is 0 Å². The lowest BCUT2D eigenvalue weighted by atomic mass is 10.0. The molecule has 2 atom stereocenters. The topological polar surface area (TPSA) is 92.8 Å². The van der Waals surface area contributed by atoms with Crippen molar-refractivity contribution in [3.8, 4) is 0 Å². The summed E-state index contributed by atoms with van der Waals surface area (Å²) in [6.07, 6.45) is 1.57. The highest BCUT2D eigenvalue weighted by molar-refractivity contribution is 5.95. The number of carbonyl (C=O) groups is 1. The van der Waals surface area contributed by atoms with Crippen LogP contribution in [-0.4, -0.2) is 39.2 Å². The average molecular weight is 329 g/mol. The number of carbonyl (C=O) groups excluding carboxylic acids is 1. The van der Waals surface area contributed by atoms with E-state index >= 15 is 0 Å². The van der Waals surface area contributed by atoms with Crippen LogP contribution in [0.2, 0.25) is 0 Å². The van der Waals surface area contributed by atoms with E-state index in [9.17, 15) is 4.79 Å². The Kier molecular flexibility index (Phi) is 4.89. The molecular formula is C17H23N5O2. The summed E-state index contributed by atoms with van der Waals surface area (Å²) >= 11 is 0. The molecule has 7 heteroatoms. The molecule has 3 rings (SSSR count). The molecule has 0 saturated carbocycles. The van der Waals surface area contributed by atoms with Gasteiger partial charge in [-0.25, -0.2) is 4.98 Å². The molecule has 2 aromatic heterocycles. The molecule has 1 saturated heterocycles. The van der Waals surface area contributed by atoms with Crippen LogP contribution in [0.4, 0.5) is 0 Å². The van der Waals surface area contributed by atoms with Crippen LogP contribution in [-0.2, 0) is 11.2 Å². The number of nitrogens with one attached hydrogen (secondary N) is 2. The van der Waals surface area contributed by atoms with Gasteiger partial charge >= 0.3 is 0 Å². The molecule has 1 aliphatic heterocycles. The van der Waals surface area contributed by atoms with E-state index in [1.54, 1.807) is 0 Å². The molecule has 7 nitrogen and oxygen atoms in total. The van der Waals surface area contributed by atoms with Crippen molar-refractivity contribution in [1.29, 1.82) is 0 Å². The Morgan fingerprint density at radius 1 is 1.38 bits per heavy atom. The van der Waals surface area contributed by atoms with Crippen molar-refractivity contribution in [2.45, 2.75) is 39.7 Å². The monoisotopic (exact) mass is 329 g/mol. The van der Waals surface area contributed by atoms with Gasteiger partial charge in [-0.2, -0.15) is 5.10 Å². The number of hydrogen-bond donors (Lipinski definition) is 2. The number of rotatable bonds is 5. The fraction of sp³-hybridized carbons (Fsp3) is 0.529. The molecular weight excluding hydrogens is 306 g/mol. The third-order valence-electron chi connectivity index (χ3n) is 4.36. The second-order valence-corrected chi connectivity index (χ2v) is 6.12. The molecule has 0 radical (unpaired) electrons. The first-order chi connectivity index (χ1) is 11.6. The van der Waals surface area contributed by atoms with Crippen LogP contribution >= 0.6 is 0 Å². The molecule has 0 bridgehead atoms. The van der Waals surface area contributed by atoms with Crippen molar-refractivity contribution >= 4 is 5.91 Å². The van der Waals surface area contributed by atoms with Crippen LogP contribution < -0.4 is 5.32 Å². The van der Waals surface area contributed by atoms with Crippen molar-refractivity contribution in [3.05, 3.63) is 40.7 Å². The smallest absolute Gasteiger partial charge is 0.253 e. The number of nitrogens with zero attached hydrogens (tertiary/aromatic N) is 3. The average Bonchev–Trinajstić information content (AvgIpc) is 3.20. The molecule has 0 aliphatic carbocycles. The molecule has 0 aromatic carbocycles. The Labute approximate surface area is 141 Å². The summed E-state index contributed by atoms with van der Waals surface area (Å²) in [5, 5.41) is 10.0. The summed E-state index contributed by atoms with van der Waals surface area (Å²) in [6, 6.07) is 3.75. The number of aromatic amines is 1. The normalized spacial score (nSPS) is 20.3. The third kappa shape index (κ3) is 3.46. The molecule has 128 valence electrons. The van der Waals surface area contributed by atoms with Gasteiger partial charge in [0.2, 0.25) is 0 Å². The van der Waals surface area contributed by atoms with Crippen LogP contribution in [0.1, 0.15) is 52.8 Å². The maximum absolute atomic E-state index is 12.4. The van der Waals surface area contributed by atoms with Crippen molar-refractivity contribution in [1.82, 2.24) is 25.5 Å². The fourth-order valence-electron chi connectivity index (χ4n) is 2.98. The van der Waals surface area contributed by atoms with Crippen molar-refractivity contribution in [2.24, 2.45) is 5.92 Å². The highest BCUT2D eigenvalue weighted by atomic mass is 16.5. The second kappa shape index (κ2) is 7.09. The van der Waals surface area contributed by atoms with Crippen LogP contribution in [0.25, 0.3) is 0 Å². The van der Waals surface area contributed by atoms with E-state index in [1.807, 2.05) is 32.9 Å². The highest BCUT2D eigenvalue weighted by Crippen LogP contribution is 2.32. The Morgan fingerprint density at radius 3 is 2.88 bits per heavy atom. The van der Waals surface area contributed by atoms with Gasteiger partial charge in [0.05, 0.1) is 11.3 Å². The van der Waals surface area contributed by atoms with E-state index in [4.69, 9.17) is 4.74 Å². The van der Waals surface area contributed by atoms with E-state index in [2.05, 4.69) is 25.5 Å². The molecule has 0 spiro atoms. The molecule has 3 heterocycles. The standard InChI is InChI=1S/C17H23N5O2/c1-4-13-5-6-14(10(2)19-13)17(23)18-9-12-7-8-24-15(12)16-20-11(3)21-22-16/h5-6,12,15H,4,7-9H2,1-3H3,(H,18,23)(H,20,21,22)/t12-,15-/m0/s1. The zero-order valence-electron chi connectivity index (χ0n) is 14.3.